The SMILES string of the molecule is N=C1/C(=C\c2ccc(SCc3ccco3)o2)C(=O)N=C2SC(N3CCCC3)=NN12. The number of carbonyl (C=O) groups is 1. The van der Waals surface area contributed by atoms with E-state index in [2.05, 4.69) is 15.0 Å². The summed E-state index contributed by atoms with van der Waals surface area (Å²) in [6, 6.07) is 7.36. The maximum Gasteiger partial charge on any atom is 0.283 e. The van der Waals surface area contributed by atoms with Crippen molar-refractivity contribution >= 4 is 51.7 Å². The Morgan fingerprint density at radius 3 is 2.90 bits per heavy atom. The molecule has 3 aliphatic heterocycles. The molecule has 5 heterocycles. The van der Waals surface area contributed by atoms with Crippen LogP contribution < -0.4 is 0 Å². The molecule has 10 heteroatoms. The van der Waals surface area contributed by atoms with Crippen LogP contribution in [0.4, 0.5) is 0 Å². The van der Waals surface area contributed by atoms with Crippen molar-refractivity contribution in [3.05, 3.63) is 47.6 Å². The van der Waals surface area contributed by atoms with Gasteiger partial charge in [0.05, 0.1) is 17.6 Å². The number of hydrogen-bond donors (Lipinski definition) is 1. The number of fused-ring (bicyclic) bond motifs is 1. The Kier molecular flexibility index (Phi) is 4.80. The predicted molar refractivity (Wildman–Crippen MR) is 113 cm³/mol. The zero-order valence-corrected chi connectivity index (χ0v) is 17.0. The molecule has 0 aromatic carbocycles. The number of nitrogens with one attached hydrogen (secondary N) is 1. The van der Waals surface area contributed by atoms with Gasteiger partial charge in [-0.15, -0.1) is 5.10 Å². The van der Waals surface area contributed by atoms with Crippen LogP contribution in [0.1, 0.15) is 24.4 Å². The standard InChI is InChI=1S/C19H17N5O3S2/c20-16-14(10-12-5-6-15(27-12)28-11-13-4-3-9-26-13)17(25)21-18-24(16)22-19(29-18)23-7-1-2-8-23/h3-6,9-10,20H,1-2,7-8,11H2/b14-10+,20-16?. The molecule has 0 atom stereocenters. The fourth-order valence-corrected chi connectivity index (χ4v) is 4.90. The summed E-state index contributed by atoms with van der Waals surface area (Å²) < 4.78 is 11.1. The lowest BCUT2D eigenvalue weighted by Crippen LogP contribution is -2.35. The summed E-state index contributed by atoms with van der Waals surface area (Å²) in [5, 5.41) is 16.3. The minimum absolute atomic E-state index is 0.0166. The van der Waals surface area contributed by atoms with E-state index in [-0.39, 0.29) is 11.4 Å². The molecule has 0 bridgehead atoms. The lowest BCUT2D eigenvalue weighted by Gasteiger charge is -2.19. The summed E-state index contributed by atoms with van der Waals surface area (Å²) in [5.74, 6) is 1.57. The second kappa shape index (κ2) is 7.60. The van der Waals surface area contributed by atoms with Gasteiger partial charge in [0.15, 0.2) is 16.1 Å². The van der Waals surface area contributed by atoms with Crippen molar-refractivity contribution in [3.63, 3.8) is 0 Å². The van der Waals surface area contributed by atoms with Gasteiger partial charge >= 0.3 is 0 Å². The normalized spacial score (nSPS) is 20.5. The van der Waals surface area contributed by atoms with Gasteiger partial charge in [-0.25, -0.2) is 0 Å². The van der Waals surface area contributed by atoms with Gasteiger partial charge in [0, 0.05) is 13.1 Å². The molecule has 29 heavy (non-hydrogen) atoms. The fourth-order valence-electron chi connectivity index (χ4n) is 3.19. The van der Waals surface area contributed by atoms with Crippen molar-refractivity contribution in [2.75, 3.05) is 13.1 Å². The third-order valence-corrected chi connectivity index (χ3v) is 6.55. The molecule has 8 nitrogen and oxygen atoms in total. The summed E-state index contributed by atoms with van der Waals surface area (Å²) in [7, 11) is 0. The summed E-state index contributed by atoms with van der Waals surface area (Å²) in [6.45, 7) is 1.89. The quantitative estimate of drug-likeness (QED) is 0.585. The minimum Gasteiger partial charge on any atom is -0.468 e. The first-order valence-corrected chi connectivity index (χ1v) is 11.0. The van der Waals surface area contributed by atoms with Crippen molar-refractivity contribution in [2.24, 2.45) is 10.1 Å². The highest BCUT2D eigenvalue weighted by atomic mass is 32.2. The highest BCUT2D eigenvalue weighted by Crippen LogP contribution is 2.31. The Morgan fingerprint density at radius 2 is 2.10 bits per heavy atom. The third-order valence-electron chi connectivity index (χ3n) is 4.65. The number of hydrogen-bond acceptors (Lipinski definition) is 8. The van der Waals surface area contributed by atoms with Gasteiger partial charge in [0.2, 0.25) is 5.17 Å². The van der Waals surface area contributed by atoms with Gasteiger partial charge in [0.25, 0.3) is 5.91 Å². The van der Waals surface area contributed by atoms with Gasteiger partial charge < -0.3 is 13.7 Å². The predicted octanol–water partition coefficient (Wildman–Crippen LogP) is 3.84. The lowest BCUT2D eigenvalue weighted by atomic mass is 10.1. The molecule has 0 radical (unpaired) electrons. The summed E-state index contributed by atoms with van der Waals surface area (Å²) >= 11 is 2.84. The molecular formula is C19H17N5O3S2. The first kappa shape index (κ1) is 18.3. The van der Waals surface area contributed by atoms with E-state index in [0.29, 0.717) is 21.8 Å². The second-order valence-electron chi connectivity index (χ2n) is 6.62. The molecule has 0 spiro atoms. The fraction of sp³-hybridized carbons (Fsp3) is 0.263. The first-order chi connectivity index (χ1) is 14.2. The minimum atomic E-state index is -0.451. The third kappa shape index (κ3) is 3.65. The van der Waals surface area contributed by atoms with Gasteiger partial charge in [0.1, 0.15) is 11.5 Å². The molecule has 1 saturated heterocycles. The summed E-state index contributed by atoms with van der Waals surface area (Å²) in [6.07, 6.45) is 5.45. The van der Waals surface area contributed by atoms with Crippen LogP contribution in [0.5, 0.6) is 0 Å². The Hall–Kier alpha value is -2.72. The Bertz CT molecular complexity index is 1050. The Morgan fingerprint density at radius 1 is 1.24 bits per heavy atom. The van der Waals surface area contributed by atoms with Gasteiger partial charge in [-0.3, -0.25) is 10.2 Å². The molecule has 1 amide bonds. The molecular weight excluding hydrogens is 410 g/mol. The smallest absolute Gasteiger partial charge is 0.283 e. The number of amides is 1. The molecule has 148 valence electrons. The highest BCUT2D eigenvalue weighted by molar-refractivity contribution is 8.26. The molecule has 2 aromatic rings. The van der Waals surface area contributed by atoms with Crippen LogP contribution in [0.25, 0.3) is 6.08 Å². The monoisotopic (exact) mass is 427 g/mol. The van der Waals surface area contributed by atoms with Gasteiger partial charge in [-0.1, -0.05) is 11.8 Å². The topological polar surface area (TPSA) is 98.4 Å². The molecule has 1 N–H and O–H groups in total. The van der Waals surface area contributed by atoms with E-state index >= 15 is 0 Å². The van der Waals surface area contributed by atoms with E-state index < -0.39 is 5.91 Å². The number of amidine groups is 3. The number of carbonyl (C=O) groups excluding carboxylic acids is 1. The number of nitrogens with zero attached hydrogens (tertiary/aromatic N) is 4. The van der Waals surface area contributed by atoms with Crippen LogP contribution in [-0.2, 0) is 10.5 Å². The molecule has 5 rings (SSSR count). The maximum absolute atomic E-state index is 12.5. The molecule has 1 fully saturated rings. The van der Waals surface area contributed by atoms with Crippen LogP contribution in [0.2, 0.25) is 0 Å². The molecule has 2 aromatic heterocycles. The highest BCUT2D eigenvalue weighted by Gasteiger charge is 2.37. The van der Waals surface area contributed by atoms with Crippen LogP contribution >= 0.6 is 23.5 Å². The molecule has 0 unspecified atom stereocenters. The average molecular weight is 428 g/mol. The number of thioether (sulfide) groups is 2. The molecule has 0 saturated carbocycles. The summed E-state index contributed by atoms with van der Waals surface area (Å²) in [4.78, 5) is 18.8. The van der Waals surface area contributed by atoms with Crippen LogP contribution in [0.15, 0.2) is 60.1 Å². The second-order valence-corrected chi connectivity index (χ2v) is 8.54. The zero-order chi connectivity index (χ0) is 19.8. The van der Waals surface area contributed by atoms with Crippen molar-refractivity contribution < 1.29 is 13.6 Å². The number of aliphatic imine (C=N–C) groups is 1. The summed E-state index contributed by atoms with van der Waals surface area (Å²) in [5.41, 5.74) is 0.165. The molecule has 3 aliphatic rings. The van der Waals surface area contributed by atoms with Crippen molar-refractivity contribution in [2.45, 2.75) is 23.7 Å². The van der Waals surface area contributed by atoms with Crippen molar-refractivity contribution in [1.29, 1.82) is 5.41 Å². The van der Waals surface area contributed by atoms with E-state index in [4.69, 9.17) is 14.2 Å². The van der Waals surface area contributed by atoms with Crippen molar-refractivity contribution in [1.82, 2.24) is 9.91 Å². The lowest BCUT2D eigenvalue weighted by molar-refractivity contribution is -0.114. The van der Waals surface area contributed by atoms with Crippen LogP contribution in [0, 0.1) is 5.41 Å². The number of likely N-dealkylation sites (tertiary alicyclic amines) is 1. The van der Waals surface area contributed by atoms with Gasteiger partial charge in [-0.2, -0.15) is 10.0 Å². The zero-order valence-electron chi connectivity index (χ0n) is 15.3. The van der Waals surface area contributed by atoms with E-state index in [0.717, 1.165) is 36.9 Å². The first-order valence-electron chi connectivity index (χ1n) is 9.17. The average Bonchev–Trinajstić information content (AvgIpc) is 3.50. The largest absolute Gasteiger partial charge is 0.468 e. The number of furan rings is 2. The number of hydrazone groups is 1. The van der Waals surface area contributed by atoms with Gasteiger partial charge in [-0.05, 0) is 54.9 Å². The molecule has 0 aliphatic carbocycles. The van der Waals surface area contributed by atoms with E-state index in [1.807, 2.05) is 18.2 Å². The van der Waals surface area contributed by atoms with E-state index in [9.17, 15) is 4.79 Å². The van der Waals surface area contributed by atoms with Crippen LogP contribution in [0.3, 0.4) is 0 Å². The van der Waals surface area contributed by atoms with Crippen LogP contribution in [-0.4, -0.2) is 45.1 Å². The van der Waals surface area contributed by atoms with E-state index in [1.165, 1.54) is 28.5 Å². The Balaban J connectivity index is 1.33. The van der Waals surface area contributed by atoms with E-state index in [1.54, 1.807) is 18.4 Å². The number of rotatable bonds is 4. The van der Waals surface area contributed by atoms with Crippen molar-refractivity contribution in [3.8, 4) is 0 Å². The Labute approximate surface area is 175 Å². The maximum atomic E-state index is 12.5.